The second-order valence-corrected chi connectivity index (χ2v) is 7.31. The molecule has 4 nitrogen and oxygen atoms in total. The normalized spacial score (nSPS) is 35.9. The number of hydrogen-bond donors (Lipinski definition) is 0. The molecule has 0 saturated carbocycles. The van der Waals surface area contributed by atoms with E-state index < -0.39 is 11.2 Å². The second kappa shape index (κ2) is 5.64. The molecule has 2 aliphatic heterocycles. The number of rotatable bonds is 4. The fourth-order valence-corrected chi connectivity index (χ4v) is 4.50. The standard InChI is InChI=1S/C18H25BO4/c1-11-14-15(19)23-18(11,17(3,4)22-14)12(2)16(20)21-10-13-8-6-5-7-9-13/h5-9,11-12,14-15H,10,19H2,1-4H3/t11?,12-,14+,15-,18+/m1/s1. The predicted molar refractivity (Wildman–Crippen MR) is 89.7 cm³/mol. The zero-order valence-electron chi connectivity index (χ0n) is 14.5. The lowest BCUT2D eigenvalue weighted by molar-refractivity contribution is -0.228. The van der Waals surface area contributed by atoms with Gasteiger partial charge in [-0.25, -0.2) is 0 Å². The van der Waals surface area contributed by atoms with Gasteiger partial charge in [0.25, 0.3) is 0 Å². The number of benzene rings is 1. The lowest BCUT2D eigenvalue weighted by Crippen LogP contribution is -2.59. The lowest BCUT2D eigenvalue weighted by atomic mass is 9.70. The molecule has 2 bridgehead atoms. The second-order valence-electron chi connectivity index (χ2n) is 7.31. The molecule has 2 saturated heterocycles. The first-order valence-corrected chi connectivity index (χ1v) is 8.36. The number of carbonyl (C=O) groups is 1. The highest BCUT2D eigenvalue weighted by molar-refractivity contribution is 6.11. The van der Waals surface area contributed by atoms with E-state index in [2.05, 4.69) is 6.92 Å². The third-order valence-electron chi connectivity index (χ3n) is 5.61. The first-order valence-electron chi connectivity index (χ1n) is 8.36. The van der Waals surface area contributed by atoms with Gasteiger partial charge in [0.05, 0.1) is 23.6 Å². The van der Waals surface area contributed by atoms with Crippen molar-refractivity contribution in [3.63, 3.8) is 0 Å². The molecule has 0 amide bonds. The van der Waals surface area contributed by atoms with E-state index in [1.165, 1.54) is 0 Å². The largest absolute Gasteiger partial charge is 0.461 e. The van der Waals surface area contributed by atoms with Crippen molar-refractivity contribution >= 4 is 13.8 Å². The van der Waals surface area contributed by atoms with E-state index in [0.717, 1.165) is 5.56 Å². The van der Waals surface area contributed by atoms with Crippen molar-refractivity contribution in [3.05, 3.63) is 35.9 Å². The van der Waals surface area contributed by atoms with Gasteiger partial charge in [-0.15, -0.1) is 0 Å². The highest BCUT2D eigenvalue weighted by Gasteiger charge is 2.70. The minimum absolute atomic E-state index is 0.00222. The Kier molecular flexibility index (Phi) is 4.05. The zero-order valence-corrected chi connectivity index (χ0v) is 14.5. The number of esters is 1. The van der Waals surface area contributed by atoms with Gasteiger partial charge in [-0.1, -0.05) is 37.3 Å². The summed E-state index contributed by atoms with van der Waals surface area (Å²) in [7, 11) is 2.01. The topological polar surface area (TPSA) is 44.8 Å². The van der Waals surface area contributed by atoms with Gasteiger partial charge in [0.1, 0.15) is 20.1 Å². The van der Waals surface area contributed by atoms with E-state index in [1.807, 2.05) is 58.9 Å². The third kappa shape index (κ3) is 2.41. The molecule has 0 N–H and O–H groups in total. The molecule has 1 aromatic carbocycles. The van der Waals surface area contributed by atoms with Crippen LogP contribution >= 0.6 is 0 Å². The summed E-state index contributed by atoms with van der Waals surface area (Å²) in [6.45, 7) is 8.32. The summed E-state index contributed by atoms with van der Waals surface area (Å²) in [6, 6.07) is 9.72. The molecule has 5 heteroatoms. The van der Waals surface area contributed by atoms with Gasteiger partial charge in [-0.05, 0) is 26.3 Å². The van der Waals surface area contributed by atoms with Crippen LogP contribution in [-0.2, 0) is 25.6 Å². The molecule has 5 atom stereocenters. The molecule has 124 valence electrons. The van der Waals surface area contributed by atoms with E-state index in [4.69, 9.17) is 14.2 Å². The van der Waals surface area contributed by atoms with Crippen LogP contribution in [0.15, 0.2) is 30.3 Å². The van der Waals surface area contributed by atoms with Crippen LogP contribution in [0.5, 0.6) is 0 Å². The van der Waals surface area contributed by atoms with Gasteiger partial charge < -0.3 is 14.2 Å². The van der Waals surface area contributed by atoms with Crippen molar-refractivity contribution in [2.75, 3.05) is 0 Å². The first-order chi connectivity index (χ1) is 10.8. The highest BCUT2D eigenvalue weighted by Crippen LogP contribution is 2.57. The van der Waals surface area contributed by atoms with Crippen LogP contribution in [0.2, 0.25) is 0 Å². The Morgan fingerprint density at radius 1 is 1.30 bits per heavy atom. The van der Waals surface area contributed by atoms with Gasteiger partial charge in [0, 0.05) is 5.92 Å². The summed E-state index contributed by atoms with van der Waals surface area (Å²) < 4.78 is 18.0. The minimum atomic E-state index is -0.634. The smallest absolute Gasteiger partial charge is 0.312 e. The first kappa shape index (κ1) is 16.5. The van der Waals surface area contributed by atoms with Crippen LogP contribution in [0.3, 0.4) is 0 Å². The van der Waals surface area contributed by atoms with Gasteiger partial charge >= 0.3 is 5.97 Å². The number of hydrogen-bond acceptors (Lipinski definition) is 4. The molecule has 0 aromatic heterocycles. The maximum atomic E-state index is 12.7. The summed E-state index contributed by atoms with van der Waals surface area (Å²) in [5.41, 5.74) is -0.154. The fraction of sp³-hybridized carbons (Fsp3) is 0.611. The van der Waals surface area contributed by atoms with Crippen LogP contribution in [0, 0.1) is 11.8 Å². The van der Waals surface area contributed by atoms with E-state index in [0.29, 0.717) is 0 Å². The number of carbonyl (C=O) groups excluding carboxylic acids is 1. The maximum absolute atomic E-state index is 12.7. The molecule has 0 radical (unpaired) electrons. The molecule has 23 heavy (non-hydrogen) atoms. The van der Waals surface area contributed by atoms with Crippen molar-refractivity contribution < 1.29 is 19.0 Å². The minimum Gasteiger partial charge on any atom is -0.461 e. The number of fused-ring (bicyclic) bond motifs is 2. The summed E-state index contributed by atoms with van der Waals surface area (Å²) in [6.07, 6.45) is 0.0365. The van der Waals surface area contributed by atoms with Crippen LogP contribution in [-0.4, -0.2) is 37.1 Å². The van der Waals surface area contributed by atoms with Gasteiger partial charge in [0.15, 0.2) is 0 Å². The number of ether oxygens (including phenoxy) is 3. The molecule has 0 spiro atoms. The maximum Gasteiger partial charge on any atom is 0.312 e. The van der Waals surface area contributed by atoms with Crippen molar-refractivity contribution in [2.24, 2.45) is 11.8 Å². The summed E-state index contributed by atoms with van der Waals surface area (Å²) in [5.74, 6) is -0.454. The molecule has 2 aliphatic rings. The molecule has 1 aromatic rings. The van der Waals surface area contributed by atoms with Crippen LogP contribution in [0.1, 0.15) is 33.3 Å². The van der Waals surface area contributed by atoms with Gasteiger partial charge in [-0.2, -0.15) is 0 Å². The van der Waals surface area contributed by atoms with Crippen molar-refractivity contribution in [2.45, 2.75) is 57.6 Å². The Bertz CT molecular complexity index is 588. The van der Waals surface area contributed by atoms with Gasteiger partial charge in [-0.3, -0.25) is 4.79 Å². The summed E-state index contributed by atoms with van der Waals surface area (Å²) in [4.78, 5) is 12.7. The summed E-state index contributed by atoms with van der Waals surface area (Å²) in [5, 5.41) is 0. The Balaban J connectivity index is 1.76. The Morgan fingerprint density at radius 3 is 2.52 bits per heavy atom. The molecule has 3 rings (SSSR count). The highest BCUT2D eigenvalue weighted by atomic mass is 16.6. The zero-order chi connectivity index (χ0) is 16.8. The average molecular weight is 316 g/mol. The fourth-order valence-electron chi connectivity index (χ4n) is 4.50. The average Bonchev–Trinajstić information content (AvgIpc) is 2.89. The predicted octanol–water partition coefficient (Wildman–Crippen LogP) is 1.91. The quantitative estimate of drug-likeness (QED) is 0.629. The Labute approximate surface area is 138 Å². The van der Waals surface area contributed by atoms with E-state index >= 15 is 0 Å². The lowest BCUT2D eigenvalue weighted by Gasteiger charge is -2.46. The van der Waals surface area contributed by atoms with Crippen LogP contribution in [0.25, 0.3) is 0 Å². The van der Waals surface area contributed by atoms with E-state index in [-0.39, 0.29) is 36.5 Å². The molecule has 2 fully saturated rings. The molecule has 0 aliphatic carbocycles. The van der Waals surface area contributed by atoms with Crippen LogP contribution in [0.4, 0.5) is 0 Å². The summed E-state index contributed by atoms with van der Waals surface area (Å²) >= 11 is 0. The van der Waals surface area contributed by atoms with E-state index in [9.17, 15) is 4.79 Å². The van der Waals surface area contributed by atoms with Crippen LogP contribution < -0.4 is 0 Å². The van der Waals surface area contributed by atoms with Gasteiger partial charge in [0.2, 0.25) is 0 Å². The molecular weight excluding hydrogens is 291 g/mol. The monoisotopic (exact) mass is 316 g/mol. The van der Waals surface area contributed by atoms with E-state index in [1.54, 1.807) is 0 Å². The molecule has 1 unspecified atom stereocenters. The van der Waals surface area contributed by atoms with Crippen molar-refractivity contribution in [3.8, 4) is 0 Å². The third-order valence-corrected chi connectivity index (χ3v) is 5.61. The SMILES string of the molecule is B[C@@H]1O[C@]2([C@H](C)C(=O)OCc3ccccc3)C(C)[C@@H]1OC2(C)C. The molecular formula is C18H25BO4. The Morgan fingerprint density at radius 2 is 1.96 bits per heavy atom. The van der Waals surface area contributed by atoms with Crippen molar-refractivity contribution in [1.29, 1.82) is 0 Å². The molecule has 2 heterocycles. The Hall–Kier alpha value is -1.33. The van der Waals surface area contributed by atoms with Crippen molar-refractivity contribution in [1.82, 2.24) is 0 Å².